The summed E-state index contributed by atoms with van der Waals surface area (Å²) in [5, 5.41) is 47.5. The van der Waals surface area contributed by atoms with Crippen molar-refractivity contribution in [2.45, 2.75) is 122 Å². The lowest BCUT2D eigenvalue weighted by Gasteiger charge is -2.50. The Morgan fingerprint density at radius 3 is 1.43 bits per heavy atom. The standard InChI is InChI=1S/2C18H24O2.C2H4O2/c2*1-18-9-8-14-13-5-3-12(19)10-11(13)2-4-15(14)16(18)6-7-17(18)20;1-2(3)4/h2*3,5,10,14-17,19-20H,2,4,6-9H2,1H3;1H3,(H,3,4)/t2*14-,15-,16+,17+,18+;/m11./s1. The van der Waals surface area contributed by atoms with Crippen LogP contribution in [0.4, 0.5) is 0 Å². The van der Waals surface area contributed by atoms with E-state index in [1.807, 2.05) is 24.3 Å². The molecule has 0 bridgehead atoms. The first kappa shape index (κ1) is 31.4. The van der Waals surface area contributed by atoms with Gasteiger partial charge in [0.2, 0.25) is 0 Å². The normalized spacial score (nSPS) is 39.4. The van der Waals surface area contributed by atoms with Crippen molar-refractivity contribution in [1.29, 1.82) is 0 Å². The van der Waals surface area contributed by atoms with E-state index in [1.54, 1.807) is 0 Å². The summed E-state index contributed by atoms with van der Waals surface area (Å²) in [5.74, 6) is 4.14. The first-order valence-corrected chi connectivity index (χ1v) is 17.1. The van der Waals surface area contributed by atoms with E-state index in [0.29, 0.717) is 35.2 Å². The minimum Gasteiger partial charge on any atom is -0.508 e. The SMILES string of the molecule is CC(=O)O.C[C@]12CC[C@@H]3c4ccc(O)cc4CC[C@H]3[C@@H]1CC[C@@H]2O.C[C@]12CC[C@@H]3c4ccc(O)cc4CC[C@H]3[C@@H]1CC[C@@H]2O. The van der Waals surface area contributed by atoms with Crippen molar-refractivity contribution >= 4 is 5.97 Å². The zero-order chi connectivity index (χ0) is 31.4. The molecule has 6 nitrogen and oxygen atoms in total. The quantitative estimate of drug-likeness (QED) is 0.215. The second-order valence-electron chi connectivity index (χ2n) is 15.4. The van der Waals surface area contributed by atoms with Crippen LogP contribution in [0, 0.1) is 34.5 Å². The van der Waals surface area contributed by atoms with Crippen LogP contribution in [-0.4, -0.2) is 43.7 Å². The van der Waals surface area contributed by atoms with E-state index in [0.717, 1.165) is 57.3 Å². The number of aliphatic hydroxyl groups is 2. The predicted octanol–water partition coefficient (Wildman–Crippen LogP) is 7.31. The molecule has 2 aromatic carbocycles. The summed E-state index contributed by atoms with van der Waals surface area (Å²) < 4.78 is 0. The van der Waals surface area contributed by atoms with Crippen molar-refractivity contribution in [3.63, 3.8) is 0 Å². The molecular weight excluding hydrogens is 552 g/mol. The minimum atomic E-state index is -0.833. The Labute approximate surface area is 262 Å². The van der Waals surface area contributed by atoms with E-state index in [1.165, 1.54) is 60.8 Å². The van der Waals surface area contributed by atoms with Gasteiger partial charge in [0.05, 0.1) is 12.2 Å². The smallest absolute Gasteiger partial charge is 0.300 e. The molecule has 4 saturated carbocycles. The molecule has 6 aliphatic rings. The molecule has 0 heterocycles. The molecule has 0 spiro atoms. The maximum absolute atomic E-state index is 10.4. The number of aromatic hydroxyl groups is 2. The Morgan fingerprint density at radius 1 is 0.659 bits per heavy atom. The Kier molecular flexibility index (Phi) is 8.55. The molecule has 0 aromatic heterocycles. The van der Waals surface area contributed by atoms with Crippen molar-refractivity contribution < 1.29 is 30.3 Å². The zero-order valence-electron chi connectivity index (χ0n) is 26.7. The second kappa shape index (κ2) is 12.0. The fourth-order valence-electron chi connectivity index (χ4n) is 11.1. The maximum Gasteiger partial charge on any atom is 0.300 e. The molecule has 240 valence electrons. The molecule has 5 N–H and O–H groups in total. The highest BCUT2D eigenvalue weighted by Gasteiger charge is 2.55. The highest BCUT2D eigenvalue weighted by molar-refractivity contribution is 5.63. The average Bonchev–Trinajstić information content (AvgIpc) is 3.46. The number of phenolic OH excluding ortho intramolecular Hbond substituents is 2. The number of benzene rings is 2. The topological polar surface area (TPSA) is 118 Å². The summed E-state index contributed by atoms with van der Waals surface area (Å²) in [6, 6.07) is 11.9. The predicted molar refractivity (Wildman–Crippen MR) is 171 cm³/mol. The third-order valence-electron chi connectivity index (χ3n) is 13.3. The molecule has 0 unspecified atom stereocenters. The molecule has 6 heteroatoms. The number of carbonyl (C=O) groups is 1. The zero-order valence-corrected chi connectivity index (χ0v) is 26.7. The van der Waals surface area contributed by atoms with Gasteiger partial charge in [-0.05, 0) is 170 Å². The number of phenols is 2. The van der Waals surface area contributed by atoms with E-state index < -0.39 is 5.97 Å². The third kappa shape index (κ3) is 5.44. The van der Waals surface area contributed by atoms with Crippen molar-refractivity contribution in [2.24, 2.45) is 34.5 Å². The van der Waals surface area contributed by atoms with E-state index in [2.05, 4.69) is 26.0 Å². The number of aryl methyl sites for hydroxylation is 2. The Bertz CT molecular complexity index is 1270. The van der Waals surface area contributed by atoms with Gasteiger partial charge in [-0.1, -0.05) is 26.0 Å². The summed E-state index contributed by atoms with van der Waals surface area (Å²) in [6.07, 6.45) is 13.6. The number of aliphatic hydroxyl groups excluding tert-OH is 2. The van der Waals surface area contributed by atoms with Gasteiger partial charge in [0.15, 0.2) is 0 Å². The molecule has 4 fully saturated rings. The van der Waals surface area contributed by atoms with Crippen LogP contribution < -0.4 is 0 Å². The van der Waals surface area contributed by atoms with Crippen molar-refractivity contribution in [3.05, 3.63) is 58.7 Å². The lowest BCUT2D eigenvalue weighted by atomic mass is 9.55. The van der Waals surface area contributed by atoms with Crippen LogP contribution in [-0.2, 0) is 17.6 Å². The van der Waals surface area contributed by atoms with Gasteiger partial charge in [0.25, 0.3) is 5.97 Å². The van der Waals surface area contributed by atoms with E-state index in [9.17, 15) is 20.4 Å². The Hall–Kier alpha value is -2.57. The number of aliphatic carboxylic acids is 1. The number of rotatable bonds is 0. The molecule has 8 rings (SSSR count). The number of hydrogen-bond donors (Lipinski definition) is 5. The molecule has 2 aromatic rings. The minimum absolute atomic E-state index is 0.0883. The van der Waals surface area contributed by atoms with E-state index >= 15 is 0 Å². The van der Waals surface area contributed by atoms with Crippen molar-refractivity contribution in [3.8, 4) is 11.5 Å². The summed E-state index contributed by atoms with van der Waals surface area (Å²) in [6.45, 7) is 5.72. The van der Waals surface area contributed by atoms with Crippen LogP contribution in [0.25, 0.3) is 0 Å². The number of carboxylic acid groups (broad SMARTS) is 1. The van der Waals surface area contributed by atoms with Gasteiger partial charge < -0.3 is 25.5 Å². The fraction of sp³-hybridized carbons (Fsp3) is 0.658. The van der Waals surface area contributed by atoms with Gasteiger partial charge >= 0.3 is 0 Å². The lowest BCUT2D eigenvalue weighted by Crippen LogP contribution is -2.43. The third-order valence-corrected chi connectivity index (χ3v) is 13.3. The lowest BCUT2D eigenvalue weighted by molar-refractivity contribution is -0.134. The number of fused-ring (bicyclic) bond motifs is 10. The van der Waals surface area contributed by atoms with Crippen LogP contribution in [0.5, 0.6) is 11.5 Å². The van der Waals surface area contributed by atoms with Gasteiger partial charge in [0, 0.05) is 6.92 Å². The van der Waals surface area contributed by atoms with Gasteiger partial charge in [-0.25, -0.2) is 0 Å². The highest BCUT2D eigenvalue weighted by atomic mass is 16.4. The average molecular weight is 605 g/mol. The van der Waals surface area contributed by atoms with E-state index in [-0.39, 0.29) is 23.0 Å². The monoisotopic (exact) mass is 604 g/mol. The summed E-state index contributed by atoms with van der Waals surface area (Å²) in [5.41, 5.74) is 5.98. The van der Waals surface area contributed by atoms with Crippen LogP contribution in [0.2, 0.25) is 0 Å². The second-order valence-corrected chi connectivity index (χ2v) is 15.4. The highest BCUT2D eigenvalue weighted by Crippen LogP contribution is 2.62. The largest absolute Gasteiger partial charge is 0.508 e. The van der Waals surface area contributed by atoms with Crippen LogP contribution in [0.15, 0.2) is 36.4 Å². The molecule has 44 heavy (non-hydrogen) atoms. The summed E-state index contributed by atoms with van der Waals surface area (Å²) >= 11 is 0. The Balaban J connectivity index is 0.000000139. The molecule has 0 aliphatic heterocycles. The number of carboxylic acids is 1. The summed E-state index contributed by atoms with van der Waals surface area (Å²) in [4.78, 5) is 9.00. The van der Waals surface area contributed by atoms with Gasteiger partial charge in [-0.3, -0.25) is 4.79 Å². The van der Waals surface area contributed by atoms with Crippen LogP contribution in [0.1, 0.15) is 119 Å². The molecule has 0 amide bonds. The molecule has 6 aliphatic carbocycles. The van der Waals surface area contributed by atoms with E-state index in [4.69, 9.17) is 9.90 Å². The van der Waals surface area contributed by atoms with Gasteiger partial charge in [-0.2, -0.15) is 0 Å². The van der Waals surface area contributed by atoms with Crippen molar-refractivity contribution in [1.82, 2.24) is 0 Å². The van der Waals surface area contributed by atoms with Gasteiger partial charge in [-0.15, -0.1) is 0 Å². The van der Waals surface area contributed by atoms with Crippen LogP contribution in [0.3, 0.4) is 0 Å². The fourth-order valence-corrected chi connectivity index (χ4v) is 11.1. The van der Waals surface area contributed by atoms with Crippen LogP contribution >= 0.6 is 0 Å². The number of hydrogen-bond acceptors (Lipinski definition) is 5. The Morgan fingerprint density at radius 2 is 1.05 bits per heavy atom. The maximum atomic E-state index is 10.4. The van der Waals surface area contributed by atoms with Crippen molar-refractivity contribution in [2.75, 3.05) is 0 Å². The molecule has 10 atom stereocenters. The van der Waals surface area contributed by atoms with Gasteiger partial charge in [0.1, 0.15) is 11.5 Å². The molecular formula is C38H52O6. The first-order chi connectivity index (χ1) is 20.9. The molecule has 0 radical (unpaired) electrons. The first-order valence-electron chi connectivity index (χ1n) is 17.1. The molecule has 0 saturated heterocycles. The summed E-state index contributed by atoms with van der Waals surface area (Å²) in [7, 11) is 0.